The minimum atomic E-state index is 0.327. The lowest BCUT2D eigenvalue weighted by Gasteiger charge is -2.17. The summed E-state index contributed by atoms with van der Waals surface area (Å²) in [5.41, 5.74) is 3.35. The molecule has 1 fully saturated rings. The van der Waals surface area contributed by atoms with Gasteiger partial charge in [-0.2, -0.15) is 0 Å². The average Bonchev–Trinajstić information content (AvgIpc) is 3.24. The van der Waals surface area contributed by atoms with Gasteiger partial charge in [0.25, 0.3) is 0 Å². The van der Waals surface area contributed by atoms with E-state index in [9.17, 15) is 0 Å². The van der Waals surface area contributed by atoms with Crippen LogP contribution in [-0.4, -0.2) is 30.9 Å². The van der Waals surface area contributed by atoms with E-state index >= 15 is 0 Å². The van der Waals surface area contributed by atoms with Gasteiger partial charge in [0.05, 0.1) is 18.1 Å². The zero-order chi connectivity index (χ0) is 14.7. The molecule has 0 aromatic heterocycles. The predicted octanol–water partition coefficient (Wildman–Crippen LogP) is 4.09. The largest absolute Gasteiger partial charge is 0.490 e. The lowest BCUT2D eigenvalue weighted by atomic mass is 10.1. The number of benzene rings is 1. The number of aliphatic imine (C=N–C) groups is 1. The molecule has 0 radical (unpaired) electrons. The molecule has 0 spiro atoms. The van der Waals surface area contributed by atoms with Crippen molar-refractivity contribution in [1.82, 2.24) is 4.90 Å². The molecular formula is C17H26N2O. The first-order valence-electron chi connectivity index (χ1n) is 7.53. The second kappa shape index (κ2) is 6.29. The van der Waals surface area contributed by atoms with Crippen molar-refractivity contribution in [2.24, 2.45) is 10.9 Å². The molecule has 3 heteroatoms. The summed E-state index contributed by atoms with van der Waals surface area (Å²) in [6, 6.07) is 4.23. The van der Waals surface area contributed by atoms with Gasteiger partial charge < -0.3 is 9.64 Å². The van der Waals surface area contributed by atoms with E-state index in [4.69, 9.17) is 4.74 Å². The lowest BCUT2D eigenvalue weighted by molar-refractivity contribution is 0.196. The van der Waals surface area contributed by atoms with Crippen molar-refractivity contribution < 1.29 is 4.74 Å². The molecule has 0 amide bonds. The normalized spacial score (nSPS) is 16.4. The molecule has 2 rings (SSSR count). The highest BCUT2D eigenvalue weighted by Gasteiger charge is 2.29. The van der Waals surface area contributed by atoms with Crippen molar-refractivity contribution in [2.45, 2.75) is 46.6 Å². The fourth-order valence-corrected chi connectivity index (χ4v) is 2.15. The van der Waals surface area contributed by atoms with Crippen LogP contribution in [0.1, 0.15) is 37.8 Å². The molecule has 3 nitrogen and oxygen atoms in total. The summed E-state index contributed by atoms with van der Waals surface area (Å²) < 4.78 is 6.09. The number of ether oxygens (including phenoxy) is 1. The van der Waals surface area contributed by atoms with Crippen molar-refractivity contribution in [3.05, 3.63) is 23.3 Å². The standard InChI is InChI=1S/C17H26N2O/c1-6-19(5)11-18-16-9-13(3)17(10-12(16)2)20-14(4)15-7-8-15/h9-11,14-15H,6-8H2,1-5H3/b18-11-. The molecule has 0 heterocycles. The SMILES string of the molecule is CCN(C)/C=N\c1cc(C)c(OC(C)C2CC2)cc1C. The van der Waals surface area contributed by atoms with Crippen LogP contribution in [0.5, 0.6) is 5.75 Å². The number of rotatable bonds is 6. The van der Waals surface area contributed by atoms with Gasteiger partial charge in [-0.3, -0.25) is 0 Å². The van der Waals surface area contributed by atoms with Crippen LogP contribution in [0.2, 0.25) is 0 Å². The van der Waals surface area contributed by atoms with Gasteiger partial charge in [-0.15, -0.1) is 0 Å². The molecule has 1 atom stereocenters. The van der Waals surface area contributed by atoms with Gasteiger partial charge in [0.2, 0.25) is 0 Å². The lowest BCUT2D eigenvalue weighted by Crippen LogP contribution is -2.15. The Hall–Kier alpha value is -1.51. The van der Waals surface area contributed by atoms with Crippen molar-refractivity contribution in [2.75, 3.05) is 13.6 Å². The van der Waals surface area contributed by atoms with E-state index in [2.05, 4.69) is 49.7 Å². The zero-order valence-corrected chi connectivity index (χ0v) is 13.3. The molecule has 1 saturated carbocycles. The van der Waals surface area contributed by atoms with E-state index in [-0.39, 0.29) is 0 Å². The highest BCUT2D eigenvalue weighted by atomic mass is 16.5. The van der Waals surface area contributed by atoms with Gasteiger partial charge in [-0.25, -0.2) is 4.99 Å². The molecular weight excluding hydrogens is 248 g/mol. The summed E-state index contributed by atoms with van der Waals surface area (Å²) in [6.45, 7) is 9.43. The molecule has 1 aliphatic carbocycles. The van der Waals surface area contributed by atoms with E-state index in [0.29, 0.717) is 6.10 Å². The molecule has 0 bridgehead atoms. The Bertz CT molecular complexity index is 492. The summed E-state index contributed by atoms with van der Waals surface area (Å²) in [5.74, 6) is 1.76. The van der Waals surface area contributed by atoms with Crippen LogP contribution < -0.4 is 4.74 Å². The third kappa shape index (κ3) is 3.75. The van der Waals surface area contributed by atoms with Crippen LogP contribution in [0.3, 0.4) is 0 Å². The monoisotopic (exact) mass is 274 g/mol. The Balaban J connectivity index is 2.13. The third-order valence-electron chi connectivity index (χ3n) is 3.98. The number of aryl methyl sites for hydroxylation is 2. The fourth-order valence-electron chi connectivity index (χ4n) is 2.15. The van der Waals surface area contributed by atoms with E-state index in [1.807, 2.05) is 13.4 Å². The molecule has 1 aromatic rings. The van der Waals surface area contributed by atoms with Crippen molar-refractivity contribution in [3.8, 4) is 5.75 Å². The Morgan fingerprint density at radius 1 is 1.35 bits per heavy atom. The van der Waals surface area contributed by atoms with Crippen LogP contribution in [0.4, 0.5) is 5.69 Å². The van der Waals surface area contributed by atoms with Gasteiger partial charge >= 0.3 is 0 Å². The first-order chi connectivity index (χ1) is 9.51. The highest BCUT2D eigenvalue weighted by molar-refractivity contribution is 5.64. The Kier molecular flexibility index (Phi) is 4.69. The summed E-state index contributed by atoms with van der Waals surface area (Å²) >= 11 is 0. The van der Waals surface area contributed by atoms with Gasteiger partial charge in [0.1, 0.15) is 5.75 Å². The summed E-state index contributed by atoms with van der Waals surface area (Å²) in [4.78, 5) is 6.61. The second-order valence-corrected chi connectivity index (χ2v) is 5.88. The predicted molar refractivity (Wildman–Crippen MR) is 85.2 cm³/mol. The molecule has 20 heavy (non-hydrogen) atoms. The second-order valence-electron chi connectivity index (χ2n) is 5.88. The van der Waals surface area contributed by atoms with Crippen LogP contribution >= 0.6 is 0 Å². The van der Waals surface area contributed by atoms with Gasteiger partial charge in [0.15, 0.2) is 0 Å². The quantitative estimate of drug-likeness (QED) is 0.576. The molecule has 0 aliphatic heterocycles. The van der Waals surface area contributed by atoms with E-state index in [1.165, 1.54) is 12.8 Å². The molecule has 0 N–H and O–H groups in total. The summed E-state index contributed by atoms with van der Waals surface area (Å²) in [7, 11) is 2.03. The zero-order valence-electron chi connectivity index (χ0n) is 13.3. The molecule has 0 saturated heterocycles. The Morgan fingerprint density at radius 2 is 2.05 bits per heavy atom. The topological polar surface area (TPSA) is 24.8 Å². The summed E-state index contributed by atoms with van der Waals surface area (Å²) in [5, 5.41) is 0. The molecule has 110 valence electrons. The van der Waals surface area contributed by atoms with E-state index in [1.54, 1.807) is 0 Å². The maximum absolute atomic E-state index is 6.09. The number of hydrogen-bond donors (Lipinski definition) is 0. The van der Waals surface area contributed by atoms with Crippen LogP contribution in [0.15, 0.2) is 17.1 Å². The fraction of sp³-hybridized carbons (Fsp3) is 0.588. The maximum atomic E-state index is 6.09. The third-order valence-corrected chi connectivity index (χ3v) is 3.98. The summed E-state index contributed by atoms with van der Waals surface area (Å²) in [6.07, 6.45) is 4.83. The van der Waals surface area contributed by atoms with Crippen molar-refractivity contribution in [3.63, 3.8) is 0 Å². The van der Waals surface area contributed by atoms with Crippen LogP contribution in [0.25, 0.3) is 0 Å². The smallest absolute Gasteiger partial charge is 0.123 e. The number of hydrogen-bond acceptors (Lipinski definition) is 2. The minimum Gasteiger partial charge on any atom is -0.490 e. The Morgan fingerprint density at radius 3 is 2.65 bits per heavy atom. The van der Waals surface area contributed by atoms with Gasteiger partial charge in [-0.1, -0.05) is 0 Å². The highest BCUT2D eigenvalue weighted by Crippen LogP contribution is 2.36. The Labute approximate surface area is 122 Å². The first-order valence-corrected chi connectivity index (χ1v) is 7.53. The van der Waals surface area contributed by atoms with E-state index in [0.717, 1.165) is 35.0 Å². The van der Waals surface area contributed by atoms with Gasteiger partial charge in [-0.05, 0) is 69.7 Å². The minimum absolute atomic E-state index is 0.327. The number of nitrogens with zero attached hydrogens (tertiary/aromatic N) is 2. The molecule has 1 unspecified atom stereocenters. The molecule has 1 aromatic carbocycles. The first kappa shape index (κ1) is 14.9. The molecule has 1 aliphatic rings. The van der Waals surface area contributed by atoms with Crippen LogP contribution in [0, 0.1) is 19.8 Å². The van der Waals surface area contributed by atoms with Crippen molar-refractivity contribution in [1.29, 1.82) is 0 Å². The van der Waals surface area contributed by atoms with Crippen LogP contribution in [-0.2, 0) is 0 Å². The van der Waals surface area contributed by atoms with E-state index < -0.39 is 0 Å². The maximum Gasteiger partial charge on any atom is 0.123 e. The van der Waals surface area contributed by atoms with Crippen molar-refractivity contribution >= 4 is 12.0 Å². The average molecular weight is 274 g/mol. The van der Waals surface area contributed by atoms with Gasteiger partial charge in [0, 0.05) is 13.6 Å².